The summed E-state index contributed by atoms with van der Waals surface area (Å²) in [6, 6.07) is 8.45. The molecular formula is C17H23N5OS. The highest BCUT2D eigenvalue weighted by molar-refractivity contribution is 7.15. The van der Waals surface area contributed by atoms with Crippen molar-refractivity contribution in [1.29, 1.82) is 0 Å². The van der Waals surface area contributed by atoms with Crippen molar-refractivity contribution in [3.05, 3.63) is 34.8 Å². The van der Waals surface area contributed by atoms with Crippen LogP contribution in [0, 0.1) is 6.92 Å². The summed E-state index contributed by atoms with van der Waals surface area (Å²) in [4.78, 5) is 16.7. The molecule has 1 aliphatic heterocycles. The van der Waals surface area contributed by atoms with Gasteiger partial charge in [-0.3, -0.25) is 15.0 Å². The molecule has 2 heterocycles. The standard InChI is InChI=1S/C17H23N5OS/c1-3-16-19-20-17(24-16)18-15(23)12-21-8-10-22(11-9-21)14-7-5-4-6-13(14)2/h4-7H,3,8-12H2,1-2H3,(H,18,20,23). The number of aryl methyl sites for hydroxylation is 2. The third-order valence-electron chi connectivity index (χ3n) is 4.21. The average molecular weight is 345 g/mol. The molecule has 24 heavy (non-hydrogen) atoms. The van der Waals surface area contributed by atoms with E-state index in [2.05, 4.69) is 56.5 Å². The maximum absolute atomic E-state index is 12.2. The number of carbonyl (C=O) groups is 1. The predicted octanol–water partition coefficient (Wildman–Crippen LogP) is 2.17. The van der Waals surface area contributed by atoms with Crippen molar-refractivity contribution in [2.24, 2.45) is 0 Å². The summed E-state index contributed by atoms with van der Waals surface area (Å²) in [5.74, 6) is -0.0156. The van der Waals surface area contributed by atoms with Crippen molar-refractivity contribution < 1.29 is 4.79 Å². The first kappa shape index (κ1) is 16.9. The number of nitrogens with one attached hydrogen (secondary N) is 1. The van der Waals surface area contributed by atoms with E-state index in [9.17, 15) is 4.79 Å². The number of rotatable bonds is 5. The normalized spacial score (nSPS) is 15.5. The molecule has 2 aromatic rings. The number of hydrogen-bond donors (Lipinski definition) is 1. The molecule has 6 nitrogen and oxygen atoms in total. The van der Waals surface area contributed by atoms with Gasteiger partial charge in [-0.05, 0) is 25.0 Å². The first-order valence-corrected chi connectivity index (χ1v) is 9.12. The topological polar surface area (TPSA) is 61.4 Å². The highest BCUT2D eigenvalue weighted by Crippen LogP contribution is 2.21. The molecule has 0 saturated carbocycles. The van der Waals surface area contributed by atoms with Crippen LogP contribution in [0.5, 0.6) is 0 Å². The van der Waals surface area contributed by atoms with Crippen molar-refractivity contribution >= 4 is 28.1 Å². The van der Waals surface area contributed by atoms with Crippen LogP contribution in [0.1, 0.15) is 17.5 Å². The molecular weight excluding hydrogens is 322 g/mol. The van der Waals surface area contributed by atoms with E-state index in [0.29, 0.717) is 11.7 Å². The molecule has 0 unspecified atom stereocenters. The molecule has 1 aromatic carbocycles. The van der Waals surface area contributed by atoms with Crippen molar-refractivity contribution in [2.45, 2.75) is 20.3 Å². The number of piperazine rings is 1. The van der Waals surface area contributed by atoms with E-state index in [0.717, 1.165) is 37.6 Å². The van der Waals surface area contributed by atoms with Crippen LogP contribution < -0.4 is 10.2 Å². The Bertz CT molecular complexity index is 694. The van der Waals surface area contributed by atoms with E-state index in [1.165, 1.54) is 22.6 Å². The molecule has 1 fully saturated rings. The number of hydrogen-bond acceptors (Lipinski definition) is 6. The van der Waals surface area contributed by atoms with Gasteiger partial charge in [0, 0.05) is 31.9 Å². The number of carbonyl (C=O) groups excluding carboxylic acids is 1. The van der Waals surface area contributed by atoms with Crippen molar-refractivity contribution in [3.63, 3.8) is 0 Å². The minimum Gasteiger partial charge on any atom is -0.369 e. The third kappa shape index (κ3) is 4.10. The minimum absolute atomic E-state index is 0.0156. The average Bonchev–Trinajstić information content (AvgIpc) is 3.03. The Morgan fingerprint density at radius 3 is 2.62 bits per heavy atom. The molecule has 1 N–H and O–H groups in total. The highest BCUT2D eigenvalue weighted by Gasteiger charge is 2.20. The molecule has 0 bridgehead atoms. The van der Waals surface area contributed by atoms with Crippen molar-refractivity contribution in [3.8, 4) is 0 Å². The maximum atomic E-state index is 12.2. The van der Waals surface area contributed by atoms with Gasteiger partial charge in [0.25, 0.3) is 0 Å². The van der Waals surface area contributed by atoms with Gasteiger partial charge in [-0.15, -0.1) is 10.2 Å². The maximum Gasteiger partial charge on any atom is 0.240 e. The second kappa shape index (κ2) is 7.72. The van der Waals surface area contributed by atoms with Gasteiger partial charge in [0.2, 0.25) is 11.0 Å². The lowest BCUT2D eigenvalue weighted by Crippen LogP contribution is -2.48. The monoisotopic (exact) mass is 345 g/mol. The van der Waals surface area contributed by atoms with Crippen LogP contribution in [-0.2, 0) is 11.2 Å². The quantitative estimate of drug-likeness (QED) is 0.900. The van der Waals surface area contributed by atoms with E-state index in [4.69, 9.17) is 0 Å². The predicted molar refractivity (Wildman–Crippen MR) is 97.7 cm³/mol. The lowest BCUT2D eigenvalue weighted by atomic mass is 10.1. The Balaban J connectivity index is 1.48. The summed E-state index contributed by atoms with van der Waals surface area (Å²) in [7, 11) is 0. The molecule has 128 valence electrons. The van der Waals surface area contributed by atoms with Crippen LogP contribution in [0.2, 0.25) is 0 Å². The van der Waals surface area contributed by atoms with Crippen LogP contribution in [-0.4, -0.2) is 53.7 Å². The first-order chi connectivity index (χ1) is 11.7. The van der Waals surface area contributed by atoms with Gasteiger partial charge in [-0.2, -0.15) is 0 Å². The summed E-state index contributed by atoms with van der Waals surface area (Å²) in [5.41, 5.74) is 2.59. The fourth-order valence-corrected chi connectivity index (χ4v) is 3.57. The van der Waals surface area contributed by atoms with E-state index >= 15 is 0 Å². The Labute approximate surface area is 146 Å². The molecule has 1 aliphatic rings. The first-order valence-electron chi connectivity index (χ1n) is 8.31. The summed E-state index contributed by atoms with van der Waals surface area (Å²) in [5, 5.41) is 12.4. The molecule has 1 amide bonds. The van der Waals surface area contributed by atoms with E-state index in [1.54, 1.807) is 0 Å². The van der Waals surface area contributed by atoms with Gasteiger partial charge in [0.15, 0.2) is 0 Å². The Morgan fingerprint density at radius 1 is 1.21 bits per heavy atom. The Morgan fingerprint density at radius 2 is 1.96 bits per heavy atom. The summed E-state index contributed by atoms with van der Waals surface area (Å²) in [6.45, 7) is 8.23. The Hall–Kier alpha value is -1.99. The summed E-state index contributed by atoms with van der Waals surface area (Å²) in [6.07, 6.45) is 0.842. The molecule has 0 atom stereocenters. The smallest absolute Gasteiger partial charge is 0.240 e. The number of para-hydroxylation sites is 1. The number of aromatic nitrogens is 2. The fraction of sp³-hybridized carbons (Fsp3) is 0.471. The second-order valence-electron chi connectivity index (χ2n) is 5.95. The summed E-state index contributed by atoms with van der Waals surface area (Å²) >= 11 is 1.44. The minimum atomic E-state index is -0.0156. The number of nitrogens with zero attached hydrogens (tertiary/aromatic N) is 4. The summed E-state index contributed by atoms with van der Waals surface area (Å²) < 4.78 is 0. The molecule has 0 aliphatic carbocycles. The lowest BCUT2D eigenvalue weighted by Gasteiger charge is -2.36. The van der Waals surface area contributed by atoms with Crippen molar-refractivity contribution in [1.82, 2.24) is 15.1 Å². The molecule has 3 rings (SSSR count). The van der Waals surface area contributed by atoms with Gasteiger partial charge in [-0.1, -0.05) is 36.5 Å². The van der Waals surface area contributed by atoms with E-state index < -0.39 is 0 Å². The van der Waals surface area contributed by atoms with Gasteiger partial charge >= 0.3 is 0 Å². The largest absolute Gasteiger partial charge is 0.369 e. The third-order valence-corrected chi connectivity index (χ3v) is 5.19. The van der Waals surface area contributed by atoms with E-state index in [-0.39, 0.29) is 5.91 Å². The van der Waals surface area contributed by atoms with Gasteiger partial charge < -0.3 is 4.90 Å². The molecule has 0 spiro atoms. The lowest BCUT2D eigenvalue weighted by molar-refractivity contribution is -0.117. The molecule has 1 saturated heterocycles. The van der Waals surface area contributed by atoms with Crippen LogP contribution in [0.25, 0.3) is 0 Å². The zero-order valence-electron chi connectivity index (χ0n) is 14.2. The second-order valence-corrected chi connectivity index (χ2v) is 7.01. The van der Waals surface area contributed by atoms with Crippen LogP contribution in [0.3, 0.4) is 0 Å². The van der Waals surface area contributed by atoms with E-state index in [1.807, 2.05) is 6.92 Å². The van der Waals surface area contributed by atoms with Gasteiger partial charge in [0.05, 0.1) is 6.54 Å². The molecule has 7 heteroatoms. The van der Waals surface area contributed by atoms with Crippen molar-refractivity contribution in [2.75, 3.05) is 42.9 Å². The highest BCUT2D eigenvalue weighted by atomic mass is 32.1. The zero-order chi connectivity index (χ0) is 16.9. The molecule has 0 radical (unpaired) electrons. The fourth-order valence-electron chi connectivity index (χ4n) is 2.87. The van der Waals surface area contributed by atoms with Crippen LogP contribution in [0.15, 0.2) is 24.3 Å². The number of anilines is 2. The zero-order valence-corrected chi connectivity index (χ0v) is 15.0. The Kier molecular flexibility index (Phi) is 5.42. The molecule has 1 aromatic heterocycles. The number of benzene rings is 1. The van der Waals surface area contributed by atoms with Crippen LogP contribution >= 0.6 is 11.3 Å². The van der Waals surface area contributed by atoms with Crippen LogP contribution in [0.4, 0.5) is 10.8 Å². The SMILES string of the molecule is CCc1nnc(NC(=O)CN2CCN(c3ccccc3C)CC2)s1. The van der Waals surface area contributed by atoms with Gasteiger partial charge in [-0.25, -0.2) is 0 Å². The number of amides is 1. The van der Waals surface area contributed by atoms with Gasteiger partial charge in [0.1, 0.15) is 5.01 Å².